The molecule has 1 aromatic rings. The Bertz CT molecular complexity index is 439. The summed E-state index contributed by atoms with van der Waals surface area (Å²) in [5.74, 6) is 0.663. The lowest BCUT2D eigenvalue weighted by Crippen LogP contribution is -2.63. The first kappa shape index (κ1) is 16.0. The fraction of sp³-hybridized carbons (Fsp3) is 0.647. The Morgan fingerprint density at radius 1 is 1.20 bits per heavy atom. The number of nitrogens with zero attached hydrogens (tertiary/aromatic N) is 1. The van der Waals surface area contributed by atoms with Gasteiger partial charge < -0.3 is 5.32 Å². The van der Waals surface area contributed by atoms with Crippen molar-refractivity contribution in [1.82, 2.24) is 10.2 Å². The first-order valence-electron chi connectivity index (χ1n) is 7.56. The van der Waals surface area contributed by atoms with Crippen LogP contribution in [0.4, 0.5) is 0 Å². The third-order valence-electron chi connectivity index (χ3n) is 4.41. The molecule has 2 atom stereocenters. The second-order valence-electron chi connectivity index (χ2n) is 6.98. The molecule has 0 spiro atoms. The Kier molecular flexibility index (Phi) is 4.93. The van der Waals surface area contributed by atoms with Crippen molar-refractivity contribution >= 4 is 15.9 Å². The first-order chi connectivity index (χ1) is 9.30. The van der Waals surface area contributed by atoms with Gasteiger partial charge in [0.05, 0.1) is 0 Å². The van der Waals surface area contributed by atoms with Gasteiger partial charge in [-0.2, -0.15) is 0 Å². The third-order valence-corrected chi connectivity index (χ3v) is 4.94. The fourth-order valence-corrected chi connectivity index (χ4v) is 3.37. The highest BCUT2D eigenvalue weighted by Crippen LogP contribution is 2.30. The van der Waals surface area contributed by atoms with Crippen molar-refractivity contribution < 1.29 is 0 Å². The lowest BCUT2D eigenvalue weighted by Gasteiger charge is -2.49. The minimum absolute atomic E-state index is 0.189. The number of piperazine rings is 1. The van der Waals surface area contributed by atoms with Crippen LogP contribution in [0.1, 0.15) is 46.2 Å². The van der Waals surface area contributed by atoms with E-state index in [0.717, 1.165) is 17.6 Å². The number of rotatable bonds is 3. The summed E-state index contributed by atoms with van der Waals surface area (Å²) >= 11 is 3.52. The van der Waals surface area contributed by atoms with Crippen molar-refractivity contribution in [2.24, 2.45) is 5.92 Å². The molecule has 0 radical (unpaired) electrons. The Hall–Kier alpha value is -0.380. The molecule has 1 aliphatic heterocycles. The molecule has 20 heavy (non-hydrogen) atoms. The Morgan fingerprint density at radius 2 is 1.80 bits per heavy atom. The van der Waals surface area contributed by atoms with Crippen molar-refractivity contribution in [3.8, 4) is 0 Å². The zero-order chi connectivity index (χ0) is 14.9. The van der Waals surface area contributed by atoms with Crippen molar-refractivity contribution in [3.05, 3.63) is 34.3 Å². The molecule has 0 amide bonds. The monoisotopic (exact) mass is 338 g/mol. The number of nitrogens with one attached hydrogen (secondary N) is 1. The van der Waals surface area contributed by atoms with Crippen molar-refractivity contribution in [1.29, 1.82) is 0 Å². The van der Waals surface area contributed by atoms with E-state index in [0.29, 0.717) is 18.0 Å². The molecule has 1 aliphatic rings. The van der Waals surface area contributed by atoms with E-state index in [1.807, 2.05) is 0 Å². The summed E-state index contributed by atoms with van der Waals surface area (Å²) in [5, 5.41) is 3.69. The predicted molar refractivity (Wildman–Crippen MR) is 90.0 cm³/mol. The topological polar surface area (TPSA) is 15.3 Å². The van der Waals surface area contributed by atoms with Crippen LogP contribution in [0, 0.1) is 5.92 Å². The molecule has 1 N–H and O–H groups in total. The molecule has 2 unspecified atom stereocenters. The molecule has 1 aromatic carbocycles. The van der Waals surface area contributed by atoms with Crippen LogP contribution in [0.5, 0.6) is 0 Å². The zero-order valence-electron chi connectivity index (χ0n) is 13.3. The van der Waals surface area contributed by atoms with Crippen LogP contribution in [0.3, 0.4) is 0 Å². The van der Waals surface area contributed by atoms with Crippen LogP contribution in [-0.2, 0) is 0 Å². The molecular formula is C17H27BrN2. The minimum atomic E-state index is 0.189. The Morgan fingerprint density at radius 3 is 2.35 bits per heavy atom. The summed E-state index contributed by atoms with van der Waals surface area (Å²) in [6.45, 7) is 13.7. The maximum Gasteiger partial charge on any atom is 0.0324 e. The smallest absolute Gasteiger partial charge is 0.0324 e. The maximum atomic E-state index is 3.69. The third kappa shape index (κ3) is 3.63. The SMILES string of the molecule is CC(C)C1CNC(C)(C)CN1C(C)c1ccc(Br)cc1. The molecule has 2 rings (SSSR count). The molecule has 0 aliphatic carbocycles. The largest absolute Gasteiger partial charge is 0.309 e. The summed E-state index contributed by atoms with van der Waals surface area (Å²) in [6, 6.07) is 9.81. The molecule has 0 aromatic heterocycles. The average Bonchev–Trinajstić information content (AvgIpc) is 2.37. The molecule has 112 valence electrons. The van der Waals surface area contributed by atoms with Crippen LogP contribution >= 0.6 is 15.9 Å². The Labute approximate surface area is 132 Å². The van der Waals surface area contributed by atoms with Gasteiger partial charge in [0.25, 0.3) is 0 Å². The maximum absolute atomic E-state index is 3.69. The second-order valence-corrected chi connectivity index (χ2v) is 7.89. The van der Waals surface area contributed by atoms with E-state index in [9.17, 15) is 0 Å². The van der Waals surface area contributed by atoms with Gasteiger partial charge in [0.15, 0.2) is 0 Å². The summed E-state index contributed by atoms with van der Waals surface area (Å²) in [5.41, 5.74) is 1.59. The van der Waals surface area contributed by atoms with E-state index in [1.54, 1.807) is 0 Å². The molecule has 2 nitrogen and oxygen atoms in total. The van der Waals surface area contributed by atoms with E-state index >= 15 is 0 Å². The number of hydrogen-bond acceptors (Lipinski definition) is 2. The van der Waals surface area contributed by atoms with E-state index in [1.165, 1.54) is 5.56 Å². The normalized spacial score (nSPS) is 24.9. The standard InChI is InChI=1S/C17H27BrN2/c1-12(2)16-10-19-17(4,5)11-20(16)13(3)14-6-8-15(18)9-7-14/h6-9,12-13,16,19H,10-11H2,1-5H3. The highest BCUT2D eigenvalue weighted by molar-refractivity contribution is 9.10. The molecule has 1 fully saturated rings. The number of benzene rings is 1. The van der Waals surface area contributed by atoms with Crippen LogP contribution in [-0.4, -0.2) is 29.6 Å². The fourth-order valence-electron chi connectivity index (χ4n) is 3.10. The van der Waals surface area contributed by atoms with E-state index in [2.05, 4.69) is 85.0 Å². The summed E-state index contributed by atoms with van der Waals surface area (Å²) in [7, 11) is 0. The highest BCUT2D eigenvalue weighted by Gasteiger charge is 2.36. The minimum Gasteiger partial charge on any atom is -0.309 e. The summed E-state index contributed by atoms with van der Waals surface area (Å²) in [4.78, 5) is 2.67. The highest BCUT2D eigenvalue weighted by atomic mass is 79.9. The van der Waals surface area contributed by atoms with Gasteiger partial charge in [-0.25, -0.2) is 0 Å². The van der Waals surface area contributed by atoms with Crippen molar-refractivity contribution in [2.45, 2.75) is 52.2 Å². The lowest BCUT2D eigenvalue weighted by atomic mass is 9.90. The number of halogens is 1. The second kappa shape index (κ2) is 6.17. The van der Waals surface area contributed by atoms with Gasteiger partial charge in [-0.3, -0.25) is 4.90 Å². The molecule has 1 heterocycles. The van der Waals surface area contributed by atoms with E-state index in [4.69, 9.17) is 0 Å². The van der Waals surface area contributed by atoms with Crippen LogP contribution in [0.15, 0.2) is 28.7 Å². The van der Waals surface area contributed by atoms with Gasteiger partial charge in [-0.05, 0) is 44.4 Å². The Balaban J connectivity index is 2.23. The summed E-state index contributed by atoms with van der Waals surface area (Å²) < 4.78 is 1.15. The predicted octanol–water partition coefficient (Wildman–Crippen LogP) is 4.22. The van der Waals surface area contributed by atoms with E-state index in [-0.39, 0.29) is 5.54 Å². The molecule has 1 saturated heterocycles. The van der Waals surface area contributed by atoms with Gasteiger partial charge in [0.1, 0.15) is 0 Å². The quantitative estimate of drug-likeness (QED) is 0.887. The lowest BCUT2D eigenvalue weighted by molar-refractivity contribution is 0.0371. The van der Waals surface area contributed by atoms with Gasteiger partial charge in [0, 0.05) is 35.2 Å². The van der Waals surface area contributed by atoms with E-state index < -0.39 is 0 Å². The molecule has 0 bridgehead atoms. The zero-order valence-corrected chi connectivity index (χ0v) is 14.9. The van der Waals surface area contributed by atoms with Crippen molar-refractivity contribution in [3.63, 3.8) is 0 Å². The number of hydrogen-bond donors (Lipinski definition) is 1. The molecule has 0 saturated carbocycles. The summed E-state index contributed by atoms with van der Waals surface area (Å²) in [6.07, 6.45) is 0. The van der Waals surface area contributed by atoms with Gasteiger partial charge in [-0.1, -0.05) is 41.9 Å². The average molecular weight is 339 g/mol. The first-order valence-corrected chi connectivity index (χ1v) is 8.36. The van der Waals surface area contributed by atoms with Gasteiger partial charge >= 0.3 is 0 Å². The van der Waals surface area contributed by atoms with Crippen LogP contribution in [0.25, 0.3) is 0 Å². The van der Waals surface area contributed by atoms with Crippen LogP contribution < -0.4 is 5.32 Å². The van der Waals surface area contributed by atoms with Crippen molar-refractivity contribution in [2.75, 3.05) is 13.1 Å². The van der Waals surface area contributed by atoms with Gasteiger partial charge in [-0.15, -0.1) is 0 Å². The molecular weight excluding hydrogens is 312 g/mol. The van der Waals surface area contributed by atoms with Crippen LogP contribution in [0.2, 0.25) is 0 Å². The molecule has 3 heteroatoms. The van der Waals surface area contributed by atoms with Gasteiger partial charge in [0.2, 0.25) is 0 Å².